The molecule has 1 aliphatic heterocycles. The van der Waals surface area contributed by atoms with Crippen molar-refractivity contribution in [2.75, 3.05) is 25.0 Å². The van der Waals surface area contributed by atoms with Gasteiger partial charge in [0.05, 0.1) is 12.2 Å². The van der Waals surface area contributed by atoms with Gasteiger partial charge in [0.2, 0.25) is 5.88 Å². The number of ether oxygens (including phenoxy) is 1. The van der Waals surface area contributed by atoms with Crippen LogP contribution < -0.4 is 10.1 Å². The zero-order valence-corrected chi connectivity index (χ0v) is 14.2. The molecule has 1 aliphatic rings. The largest absolute Gasteiger partial charge is 0.478 e. The Morgan fingerprint density at radius 1 is 1.24 bits per heavy atom. The molecule has 0 saturated carbocycles. The molecule has 1 saturated heterocycles. The smallest absolute Gasteiger partial charge is 0.255 e. The molecule has 1 N–H and O–H groups in total. The number of carbonyl (C=O) groups is 1. The highest BCUT2D eigenvalue weighted by Crippen LogP contribution is 2.19. The monoisotopic (exact) mass is 343 g/mol. The number of pyridine rings is 1. The molecule has 0 aliphatic carbocycles. The SMILES string of the molecule is CCOc1ccc(C(=O)N2CCC(Nc3ccc(F)cc3)CC2)cn1. The number of benzene rings is 1. The Hall–Kier alpha value is -2.63. The fourth-order valence-electron chi connectivity index (χ4n) is 2.93. The summed E-state index contributed by atoms with van der Waals surface area (Å²) in [5.74, 6) is 0.284. The number of amides is 1. The van der Waals surface area contributed by atoms with E-state index in [0.717, 1.165) is 18.5 Å². The van der Waals surface area contributed by atoms with Gasteiger partial charge >= 0.3 is 0 Å². The van der Waals surface area contributed by atoms with Crippen LogP contribution in [0.15, 0.2) is 42.6 Å². The number of piperidine rings is 1. The molecule has 132 valence electrons. The Morgan fingerprint density at radius 3 is 2.56 bits per heavy atom. The van der Waals surface area contributed by atoms with Gasteiger partial charge in [-0.05, 0) is 50.1 Å². The van der Waals surface area contributed by atoms with E-state index in [0.29, 0.717) is 31.1 Å². The summed E-state index contributed by atoms with van der Waals surface area (Å²) in [7, 11) is 0. The molecule has 6 heteroatoms. The third-order valence-electron chi connectivity index (χ3n) is 4.27. The fraction of sp³-hybridized carbons (Fsp3) is 0.368. The van der Waals surface area contributed by atoms with Gasteiger partial charge < -0.3 is 15.0 Å². The van der Waals surface area contributed by atoms with E-state index in [1.165, 1.54) is 12.1 Å². The second-order valence-corrected chi connectivity index (χ2v) is 6.04. The van der Waals surface area contributed by atoms with E-state index in [1.54, 1.807) is 30.5 Å². The van der Waals surface area contributed by atoms with E-state index in [9.17, 15) is 9.18 Å². The van der Waals surface area contributed by atoms with Gasteiger partial charge in [-0.1, -0.05) is 0 Å². The molecule has 1 fully saturated rings. The minimum Gasteiger partial charge on any atom is -0.478 e. The molecule has 3 rings (SSSR count). The van der Waals surface area contributed by atoms with Crippen LogP contribution >= 0.6 is 0 Å². The summed E-state index contributed by atoms with van der Waals surface area (Å²) in [6.07, 6.45) is 3.28. The molecule has 25 heavy (non-hydrogen) atoms. The normalized spacial score (nSPS) is 15.0. The number of carbonyl (C=O) groups excluding carboxylic acids is 1. The maximum atomic E-state index is 12.9. The summed E-state index contributed by atoms with van der Waals surface area (Å²) in [6, 6.07) is 10.1. The van der Waals surface area contributed by atoms with E-state index in [1.807, 2.05) is 11.8 Å². The number of hydrogen-bond donors (Lipinski definition) is 1. The topological polar surface area (TPSA) is 54.5 Å². The first-order valence-electron chi connectivity index (χ1n) is 8.56. The number of aromatic nitrogens is 1. The van der Waals surface area contributed by atoms with Gasteiger partial charge in [-0.2, -0.15) is 0 Å². The molecule has 2 heterocycles. The van der Waals surface area contributed by atoms with Gasteiger partial charge in [-0.25, -0.2) is 9.37 Å². The lowest BCUT2D eigenvalue weighted by Crippen LogP contribution is -2.42. The molecule has 0 atom stereocenters. The number of likely N-dealkylation sites (tertiary alicyclic amines) is 1. The standard InChI is InChI=1S/C19H22FN3O2/c1-2-25-18-8-3-14(13-21-18)19(24)23-11-9-17(10-12-23)22-16-6-4-15(20)5-7-16/h3-8,13,17,22H,2,9-12H2,1H3. The average molecular weight is 343 g/mol. The van der Waals surface area contributed by atoms with Crippen LogP contribution in [-0.4, -0.2) is 41.5 Å². The zero-order valence-electron chi connectivity index (χ0n) is 14.2. The average Bonchev–Trinajstić information content (AvgIpc) is 2.65. The Balaban J connectivity index is 1.52. The minimum absolute atomic E-state index is 0.00391. The summed E-state index contributed by atoms with van der Waals surface area (Å²) in [5, 5.41) is 3.40. The summed E-state index contributed by atoms with van der Waals surface area (Å²) in [6.45, 7) is 3.82. The van der Waals surface area contributed by atoms with Gasteiger partial charge in [0.25, 0.3) is 5.91 Å². The molecule has 2 aromatic rings. The molecule has 0 spiro atoms. The summed E-state index contributed by atoms with van der Waals surface area (Å²) in [5.41, 5.74) is 1.48. The highest BCUT2D eigenvalue weighted by atomic mass is 19.1. The molecule has 0 bridgehead atoms. The Bertz CT molecular complexity index is 696. The number of nitrogens with zero attached hydrogens (tertiary/aromatic N) is 2. The van der Waals surface area contributed by atoms with Crippen LogP contribution in [0.25, 0.3) is 0 Å². The van der Waals surface area contributed by atoms with Crippen molar-refractivity contribution >= 4 is 11.6 Å². The van der Waals surface area contributed by atoms with Crippen LogP contribution in [0.3, 0.4) is 0 Å². The lowest BCUT2D eigenvalue weighted by molar-refractivity contribution is 0.0718. The maximum absolute atomic E-state index is 12.9. The second-order valence-electron chi connectivity index (χ2n) is 6.04. The number of rotatable bonds is 5. The van der Waals surface area contributed by atoms with Crippen LogP contribution in [0.2, 0.25) is 0 Å². The van der Waals surface area contributed by atoms with Crippen LogP contribution in [0.5, 0.6) is 5.88 Å². The van der Waals surface area contributed by atoms with Crippen LogP contribution in [-0.2, 0) is 0 Å². The van der Waals surface area contributed by atoms with Crippen LogP contribution in [0.1, 0.15) is 30.1 Å². The third-order valence-corrected chi connectivity index (χ3v) is 4.27. The highest BCUT2D eigenvalue weighted by Gasteiger charge is 2.23. The van der Waals surface area contributed by atoms with Crippen molar-refractivity contribution in [3.05, 3.63) is 54.0 Å². The first-order chi connectivity index (χ1) is 12.2. The number of nitrogens with one attached hydrogen (secondary N) is 1. The molecule has 1 aromatic carbocycles. The number of hydrogen-bond acceptors (Lipinski definition) is 4. The van der Waals surface area contributed by atoms with E-state index >= 15 is 0 Å². The molecule has 1 aromatic heterocycles. The molecular weight excluding hydrogens is 321 g/mol. The van der Waals surface area contributed by atoms with E-state index in [2.05, 4.69) is 10.3 Å². The van der Waals surface area contributed by atoms with Crippen molar-refractivity contribution in [3.63, 3.8) is 0 Å². The van der Waals surface area contributed by atoms with E-state index in [4.69, 9.17) is 4.74 Å². The van der Waals surface area contributed by atoms with Crippen molar-refractivity contribution in [3.8, 4) is 5.88 Å². The van der Waals surface area contributed by atoms with Gasteiger partial charge in [-0.3, -0.25) is 4.79 Å². The zero-order chi connectivity index (χ0) is 17.6. The predicted octanol–water partition coefficient (Wildman–Crippen LogP) is 3.34. The van der Waals surface area contributed by atoms with Gasteiger partial charge in [0.1, 0.15) is 5.82 Å². The lowest BCUT2D eigenvalue weighted by Gasteiger charge is -2.33. The molecule has 0 radical (unpaired) electrons. The fourth-order valence-corrected chi connectivity index (χ4v) is 2.93. The first-order valence-corrected chi connectivity index (χ1v) is 8.56. The molecule has 1 amide bonds. The number of halogens is 1. The first kappa shape index (κ1) is 17.2. The van der Waals surface area contributed by atoms with Crippen molar-refractivity contribution < 1.29 is 13.9 Å². The number of anilines is 1. The van der Waals surface area contributed by atoms with E-state index in [-0.39, 0.29) is 17.8 Å². The Labute approximate surface area is 146 Å². The minimum atomic E-state index is -0.241. The molecular formula is C19H22FN3O2. The molecule has 5 nitrogen and oxygen atoms in total. The summed E-state index contributed by atoms with van der Waals surface area (Å²) >= 11 is 0. The second kappa shape index (κ2) is 7.96. The van der Waals surface area contributed by atoms with Crippen LogP contribution in [0.4, 0.5) is 10.1 Å². The Morgan fingerprint density at radius 2 is 1.96 bits per heavy atom. The van der Waals surface area contributed by atoms with E-state index < -0.39 is 0 Å². The van der Waals surface area contributed by atoms with Gasteiger partial charge in [0.15, 0.2) is 0 Å². The Kier molecular flexibility index (Phi) is 5.48. The van der Waals surface area contributed by atoms with Crippen LogP contribution in [0, 0.1) is 5.82 Å². The lowest BCUT2D eigenvalue weighted by atomic mass is 10.0. The summed E-state index contributed by atoms with van der Waals surface area (Å²) in [4.78, 5) is 18.6. The van der Waals surface area contributed by atoms with Gasteiger partial charge in [-0.15, -0.1) is 0 Å². The highest BCUT2D eigenvalue weighted by molar-refractivity contribution is 5.94. The maximum Gasteiger partial charge on any atom is 0.255 e. The predicted molar refractivity (Wildman–Crippen MR) is 94.4 cm³/mol. The van der Waals surface area contributed by atoms with Crippen molar-refractivity contribution in [2.24, 2.45) is 0 Å². The van der Waals surface area contributed by atoms with Crippen molar-refractivity contribution in [1.82, 2.24) is 9.88 Å². The summed E-state index contributed by atoms with van der Waals surface area (Å²) < 4.78 is 18.2. The van der Waals surface area contributed by atoms with Gasteiger partial charge in [0, 0.05) is 37.1 Å². The quantitative estimate of drug-likeness (QED) is 0.905. The molecule has 0 unspecified atom stereocenters. The van der Waals surface area contributed by atoms with Crippen molar-refractivity contribution in [2.45, 2.75) is 25.8 Å². The third kappa shape index (κ3) is 4.47. The van der Waals surface area contributed by atoms with Crippen molar-refractivity contribution in [1.29, 1.82) is 0 Å².